The normalized spacial score (nSPS) is 18.4. The van der Waals surface area contributed by atoms with Crippen LogP contribution in [0.5, 0.6) is 0 Å². The van der Waals surface area contributed by atoms with Crippen molar-refractivity contribution in [1.29, 1.82) is 0 Å². The number of nitrogens with zero attached hydrogens (tertiary/aromatic N) is 4. The summed E-state index contributed by atoms with van der Waals surface area (Å²) in [6.07, 6.45) is 1.10. The standard InChI is InChI=1S/C22H22N4O4/c1-16-13-24(22(27)30-15-17-8-4-2-5-9-17)14-20(16)25-21(26(28)29)19(12-23-25)18-10-6-3-7-11-18/h2-12,16,20H,13-15H2,1H3/t16-,20-/m1/s1. The lowest BCUT2D eigenvalue weighted by molar-refractivity contribution is -0.392. The molecule has 1 fully saturated rings. The predicted octanol–water partition coefficient (Wildman–Crippen LogP) is 4.29. The molecule has 0 aliphatic carbocycles. The second-order valence-corrected chi connectivity index (χ2v) is 7.44. The zero-order chi connectivity index (χ0) is 21.1. The largest absolute Gasteiger partial charge is 0.445 e. The molecule has 2 aromatic carbocycles. The van der Waals surface area contributed by atoms with Crippen molar-refractivity contribution in [1.82, 2.24) is 14.7 Å². The summed E-state index contributed by atoms with van der Waals surface area (Å²) in [6, 6.07) is 18.3. The van der Waals surface area contributed by atoms with E-state index in [1.807, 2.05) is 67.6 Å². The van der Waals surface area contributed by atoms with Crippen LogP contribution in [0.3, 0.4) is 0 Å². The lowest BCUT2D eigenvalue weighted by Gasteiger charge is -2.15. The van der Waals surface area contributed by atoms with Crippen molar-refractivity contribution in [3.63, 3.8) is 0 Å². The molecule has 8 nitrogen and oxygen atoms in total. The van der Waals surface area contributed by atoms with Gasteiger partial charge >= 0.3 is 11.9 Å². The van der Waals surface area contributed by atoms with Crippen LogP contribution < -0.4 is 0 Å². The molecule has 8 heteroatoms. The first kappa shape index (κ1) is 19.6. The molecule has 2 heterocycles. The van der Waals surface area contributed by atoms with E-state index < -0.39 is 11.0 Å². The van der Waals surface area contributed by atoms with E-state index >= 15 is 0 Å². The van der Waals surface area contributed by atoms with Crippen molar-refractivity contribution in [2.24, 2.45) is 5.92 Å². The van der Waals surface area contributed by atoms with Gasteiger partial charge in [-0.2, -0.15) is 0 Å². The summed E-state index contributed by atoms with van der Waals surface area (Å²) in [5.74, 6) is -0.0611. The number of likely N-dealkylation sites (tertiary alicyclic amines) is 1. The SMILES string of the molecule is C[C@@H]1CN(C(=O)OCc2ccccc2)C[C@H]1n1ncc(-c2ccccc2)c1[N+](=O)[O-]. The highest BCUT2D eigenvalue weighted by Crippen LogP contribution is 2.36. The molecule has 0 saturated carbocycles. The first-order chi connectivity index (χ1) is 14.5. The molecular weight excluding hydrogens is 384 g/mol. The molecular formula is C22H22N4O4. The fraction of sp³-hybridized carbons (Fsp3) is 0.273. The molecule has 1 amide bonds. The lowest BCUT2D eigenvalue weighted by Crippen LogP contribution is -2.30. The molecule has 1 saturated heterocycles. The van der Waals surface area contributed by atoms with Crippen LogP contribution in [0.4, 0.5) is 10.6 Å². The van der Waals surface area contributed by atoms with Crippen LogP contribution >= 0.6 is 0 Å². The molecule has 3 aromatic rings. The minimum atomic E-state index is -0.425. The fourth-order valence-electron chi connectivity index (χ4n) is 3.83. The van der Waals surface area contributed by atoms with Gasteiger partial charge in [-0.3, -0.25) is 0 Å². The molecule has 1 aromatic heterocycles. The highest BCUT2D eigenvalue weighted by Gasteiger charge is 2.41. The van der Waals surface area contributed by atoms with E-state index in [9.17, 15) is 14.9 Å². The van der Waals surface area contributed by atoms with Gasteiger partial charge in [0, 0.05) is 12.5 Å². The number of benzene rings is 2. The van der Waals surface area contributed by atoms with Crippen LogP contribution in [-0.4, -0.2) is 38.8 Å². The minimum Gasteiger partial charge on any atom is -0.445 e. The van der Waals surface area contributed by atoms with Gasteiger partial charge in [0.15, 0.2) is 0 Å². The Bertz CT molecular complexity index is 1040. The maximum Gasteiger partial charge on any atom is 0.410 e. The van der Waals surface area contributed by atoms with Gasteiger partial charge in [-0.25, -0.2) is 4.79 Å². The van der Waals surface area contributed by atoms with E-state index in [0.717, 1.165) is 11.1 Å². The third-order valence-electron chi connectivity index (χ3n) is 5.38. The topological polar surface area (TPSA) is 90.5 Å². The summed E-state index contributed by atoms with van der Waals surface area (Å²) in [4.78, 5) is 25.6. The summed E-state index contributed by atoms with van der Waals surface area (Å²) in [5.41, 5.74) is 2.11. The number of carbonyl (C=O) groups excluding carboxylic acids is 1. The van der Waals surface area contributed by atoms with Gasteiger partial charge < -0.3 is 19.8 Å². The number of rotatable bonds is 5. The van der Waals surface area contributed by atoms with Crippen molar-refractivity contribution in [3.05, 3.63) is 82.5 Å². The van der Waals surface area contributed by atoms with Crippen LogP contribution in [0.1, 0.15) is 18.5 Å². The summed E-state index contributed by atoms with van der Waals surface area (Å²) in [6.45, 7) is 2.92. The third-order valence-corrected chi connectivity index (χ3v) is 5.38. The van der Waals surface area contributed by atoms with Gasteiger partial charge in [-0.05, 0) is 16.1 Å². The molecule has 0 unspecified atom stereocenters. The van der Waals surface area contributed by atoms with Crippen molar-refractivity contribution in [3.8, 4) is 11.1 Å². The first-order valence-corrected chi connectivity index (χ1v) is 9.77. The Morgan fingerprint density at radius 3 is 2.47 bits per heavy atom. The van der Waals surface area contributed by atoms with Gasteiger partial charge in [0.1, 0.15) is 12.6 Å². The van der Waals surface area contributed by atoms with Crippen LogP contribution in [-0.2, 0) is 11.3 Å². The van der Waals surface area contributed by atoms with E-state index in [-0.39, 0.29) is 24.4 Å². The molecule has 4 rings (SSSR count). The summed E-state index contributed by atoms with van der Waals surface area (Å²) >= 11 is 0. The molecule has 0 radical (unpaired) electrons. The smallest absolute Gasteiger partial charge is 0.410 e. The molecule has 0 spiro atoms. The number of amides is 1. The molecule has 0 bridgehead atoms. The van der Waals surface area contributed by atoms with Crippen LogP contribution in [0.2, 0.25) is 0 Å². The summed E-state index contributed by atoms with van der Waals surface area (Å²) in [5, 5.41) is 16.2. The zero-order valence-electron chi connectivity index (χ0n) is 16.5. The number of aromatic nitrogens is 2. The van der Waals surface area contributed by atoms with Gasteiger partial charge in [0.05, 0.1) is 18.3 Å². The number of hydrogen-bond donors (Lipinski definition) is 0. The highest BCUT2D eigenvalue weighted by atomic mass is 16.6. The van der Waals surface area contributed by atoms with Crippen molar-refractivity contribution >= 4 is 11.9 Å². The lowest BCUT2D eigenvalue weighted by atomic mass is 10.1. The molecule has 1 aliphatic heterocycles. The first-order valence-electron chi connectivity index (χ1n) is 9.77. The Morgan fingerprint density at radius 1 is 1.13 bits per heavy atom. The Hall–Kier alpha value is -3.68. The van der Waals surface area contributed by atoms with E-state index in [1.54, 1.807) is 4.90 Å². The second kappa shape index (κ2) is 8.36. The van der Waals surface area contributed by atoms with Gasteiger partial charge in [-0.15, -0.1) is 4.68 Å². The predicted molar refractivity (Wildman–Crippen MR) is 111 cm³/mol. The van der Waals surface area contributed by atoms with Gasteiger partial charge in [0.25, 0.3) is 0 Å². The highest BCUT2D eigenvalue weighted by molar-refractivity contribution is 5.71. The van der Waals surface area contributed by atoms with Crippen molar-refractivity contribution in [2.45, 2.75) is 19.6 Å². The van der Waals surface area contributed by atoms with E-state index in [4.69, 9.17) is 4.74 Å². The molecule has 0 N–H and O–H groups in total. The Labute approximate surface area is 173 Å². The maximum atomic E-state index is 12.5. The Kier molecular flexibility index (Phi) is 5.47. The molecule has 154 valence electrons. The maximum absolute atomic E-state index is 12.5. The Morgan fingerprint density at radius 2 is 1.80 bits per heavy atom. The summed E-state index contributed by atoms with van der Waals surface area (Å²) in [7, 11) is 0. The van der Waals surface area contributed by atoms with Crippen molar-refractivity contribution < 1.29 is 14.5 Å². The van der Waals surface area contributed by atoms with Crippen LogP contribution in [0, 0.1) is 16.0 Å². The van der Waals surface area contributed by atoms with E-state index in [2.05, 4.69) is 5.10 Å². The number of nitro groups is 1. The quantitative estimate of drug-likeness (QED) is 0.466. The van der Waals surface area contributed by atoms with E-state index in [1.165, 1.54) is 10.9 Å². The Balaban J connectivity index is 1.52. The van der Waals surface area contributed by atoms with Crippen LogP contribution in [0.25, 0.3) is 11.1 Å². The minimum absolute atomic E-state index is 0.00324. The monoisotopic (exact) mass is 406 g/mol. The number of ether oxygens (including phenoxy) is 1. The van der Waals surface area contributed by atoms with Gasteiger partial charge in [-0.1, -0.05) is 72.7 Å². The number of hydrogen-bond acceptors (Lipinski definition) is 5. The van der Waals surface area contributed by atoms with Gasteiger partial charge in [0.2, 0.25) is 0 Å². The average molecular weight is 406 g/mol. The zero-order valence-corrected chi connectivity index (χ0v) is 16.5. The van der Waals surface area contributed by atoms with Crippen LogP contribution in [0.15, 0.2) is 66.9 Å². The number of carbonyl (C=O) groups is 1. The molecule has 2 atom stereocenters. The van der Waals surface area contributed by atoms with E-state index in [0.29, 0.717) is 18.7 Å². The molecule has 1 aliphatic rings. The fourth-order valence-corrected chi connectivity index (χ4v) is 3.83. The second-order valence-electron chi connectivity index (χ2n) is 7.44. The average Bonchev–Trinajstić information content (AvgIpc) is 3.37. The van der Waals surface area contributed by atoms with Crippen molar-refractivity contribution in [2.75, 3.05) is 13.1 Å². The summed E-state index contributed by atoms with van der Waals surface area (Å²) < 4.78 is 6.86. The molecule has 30 heavy (non-hydrogen) atoms. The third kappa shape index (κ3) is 3.89.